The van der Waals surface area contributed by atoms with Crippen molar-refractivity contribution in [2.24, 2.45) is 0 Å². The number of carbonyl (C=O) groups is 1. The third-order valence-corrected chi connectivity index (χ3v) is 4.07. The number of benzene rings is 1. The van der Waals surface area contributed by atoms with Crippen molar-refractivity contribution in [1.82, 2.24) is 4.98 Å². The van der Waals surface area contributed by atoms with E-state index in [1.807, 2.05) is 6.07 Å². The number of thioether (sulfide) groups is 1. The summed E-state index contributed by atoms with van der Waals surface area (Å²) in [4.78, 5) is 16.0. The molecule has 0 saturated heterocycles. The Morgan fingerprint density at radius 3 is 2.76 bits per heavy atom. The van der Waals surface area contributed by atoms with E-state index in [2.05, 4.69) is 10.3 Å². The van der Waals surface area contributed by atoms with Gasteiger partial charge in [-0.05, 0) is 30.3 Å². The first kappa shape index (κ1) is 15.9. The first-order chi connectivity index (χ1) is 10.0. The molecule has 7 heteroatoms. The molecule has 0 unspecified atom stereocenters. The summed E-state index contributed by atoms with van der Waals surface area (Å²) < 4.78 is 0. The molecule has 0 saturated carbocycles. The average molecular weight is 342 g/mol. The Bertz CT molecular complexity index is 635. The highest BCUT2D eigenvalue weighted by atomic mass is 35.5. The Morgan fingerprint density at radius 2 is 2.10 bits per heavy atom. The smallest absolute Gasteiger partial charge is 0.225 e. The maximum absolute atomic E-state index is 11.8. The second-order valence-corrected chi connectivity index (χ2v) is 6.16. The molecule has 4 nitrogen and oxygen atoms in total. The summed E-state index contributed by atoms with van der Waals surface area (Å²) in [6, 6.07) is 8.59. The van der Waals surface area contributed by atoms with Crippen LogP contribution in [0.5, 0.6) is 0 Å². The van der Waals surface area contributed by atoms with Gasteiger partial charge in [0, 0.05) is 24.1 Å². The summed E-state index contributed by atoms with van der Waals surface area (Å²) in [5, 5.41) is 4.67. The fourth-order valence-corrected chi connectivity index (χ4v) is 2.56. The number of pyridine rings is 1. The molecule has 21 heavy (non-hydrogen) atoms. The van der Waals surface area contributed by atoms with Crippen LogP contribution < -0.4 is 11.1 Å². The van der Waals surface area contributed by atoms with E-state index in [4.69, 9.17) is 28.9 Å². The molecule has 0 spiro atoms. The number of amides is 1. The van der Waals surface area contributed by atoms with Gasteiger partial charge in [-0.25, -0.2) is 4.98 Å². The van der Waals surface area contributed by atoms with Gasteiger partial charge in [0.15, 0.2) is 0 Å². The summed E-state index contributed by atoms with van der Waals surface area (Å²) in [6.45, 7) is 0. The second-order valence-electron chi connectivity index (χ2n) is 4.20. The lowest BCUT2D eigenvalue weighted by Gasteiger charge is -2.06. The molecule has 1 amide bonds. The molecule has 1 heterocycles. The number of halogens is 2. The molecule has 110 valence electrons. The maximum Gasteiger partial charge on any atom is 0.225 e. The van der Waals surface area contributed by atoms with Gasteiger partial charge in [-0.3, -0.25) is 4.79 Å². The number of hydrogen-bond acceptors (Lipinski definition) is 4. The van der Waals surface area contributed by atoms with Crippen LogP contribution in [0.1, 0.15) is 6.42 Å². The van der Waals surface area contributed by atoms with Gasteiger partial charge < -0.3 is 11.1 Å². The number of nitrogen functional groups attached to an aromatic ring is 1. The first-order valence-corrected chi connectivity index (χ1v) is 7.88. The van der Waals surface area contributed by atoms with E-state index in [1.54, 1.807) is 30.5 Å². The van der Waals surface area contributed by atoms with Crippen LogP contribution >= 0.6 is 35.0 Å². The third kappa shape index (κ3) is 5.12. The standard InChI is InChI=1S/C14H13Cl2N3OS/c15-9-1-4-14(18-8-9)21-6-5-13(20)19-10-2-3-11(16)12(17)7-10/h1-4,7-8H,5-6,17H2,(H,19,20). The Hall–Kier alpha value is -1.43. The largest absolute Gasteiger partial charge is 0.397 e. The van der Waals surface area contributed by atoms with Gasteiger partial charge in [0.25, 0.3) is 0 Å². The zero-order valence-corrected chi connectivity index (χ0v) is 13.3. The second kappa shape index (κ2) is 7.54. The summed E-state index contributed by atoms with van der Waals surface area (Å²) >= 11 is 13.1. The van der Waals surface area contributed by atoms with E-state index in [-0.39, 0.29) is 5.91 Å². The number of carbonyl (C=O) groups excluding carboxylic acids is 1. The minimum Gasteiger partial charge on any atom is -0.397 e. The van der Waals surface area contributed by atoms with Crippen molar-refractivity contribution >= 4 is 52.2 Å². The zero-order valence-electron chi connectivity index (χ0n) is 11.0. The van der Waals surface area contributed by atoms with Gasteiger partial charge in [0.05, 0.1) is 20.8 Å². The monoisotopic (exact) mass is 341 g/mol. The van der Waals surface area contributed by atoms with Gasteiger partial charge in [0.2, 0.25) is 5.91 Å². The molecular formula is C14H13Cl2N3OS. The van der Waals surface area contributed by atoms with Gasteiger partial charge in [-0.2, -0.15) is 0 Å². The minimum atomic E-state index is -0.0850. The summed E-state index contributed by atoms with van der Waals surface area (Å²) in [7, 11) is 0. The van der Waals surface area contributed by atoms with Crippen molar-refractivity contribution in [3.8, 4) is 0 Å². The average Bonchev–Trinajstić information content (AvgIpc) is 2.45. The Labute approximate surface area is 137 Å². The fraction of sp³-hybridized carbons (Fsp3) is 0.143. The van der Waals surface area contributed by atoms with Crippen LogP contribution in [0.25, 0.3) is 0 Å². The van der Waals surface area contributed by atoms with Crippen LogP contribution in [0.2, 0.25) is 10.0 Å². The molecule has 1 aromatic carbocycles. The molecule has 0 bridgehead atoms. The summed E-state index contributed by atoms with van der Waals surface area (Å²) in [5.74, 6) is 0.543. The Kier molecular flexibility index (Phi) is 5.73. The highest BCUT2D eigenvalue weighted by molar-refractivity contribution is 7.99. The zero-order chi connectivity index (χ0) is 15.2. The maximum atomic E-state index is 11.8. The number of nitrogens with one attached hydrogen (secondary N) is 1. The van der Waals surface area contributed by atoms with E-state index in [0.29, 0.717) is 33.6 Å². The van der Waals surface area contributed by atoms with Crippen LogP contribution in [-0.2, 0) is 4.79 Å². The summed E-state index contributed by atoms with van der Waals surface area (Å²) in [5.41, 5.74) is 6.75. The number of rotatable bonds is 5. The van der Waals surface area contributed by atoms with Crippen LogP contribution in [0.15, 0.2) is 41.6 Å². The molecule has 1 aromatic heterocycles. The number of nitrogens with zero attached hydrogens (tertiary/aromatic N) is 1. The van der Waals surface area contributed by atoms with Crippen LogP contribution in [0.4, 0.5) is 11.4 Å². The van der Waals surface area contributed by atoms with E-state index in [0.717, 1.165) is 5.03 Å². The lowest BCUT2D eigenvalue weighted by molar-refractivity contribution is -0.115. The molecule has 0 atom stereocenters. The fourth-order valence-electron chi connectivity index (χ4n) is 1.54. The lowest BCUT2D eigenvalue weighted by Crippen LogP contribution is -2.12. The first-order valence-electron chi connectivity index (χ1n) is 6.14. The molecule has 0 fully saturated rings. The SMILES string of the molecule is Nc1cc(NC(=O)CCSc2ccc(Cl)cn2)ccc1Cl. The van der Waals surface area contributed by atoms with Crippen molar-refractivity contribution in [3.05, 3.63) is 46.6 Å². The van der Waals surface area contributed by atoms with Crippen LogP contribution in [0.3, 0.4) is 0 Å². The minimum absolute atomic E-state index is 0.0850. The molecule has 0 aliphatic carbocycles. The molecule has 0 aliphatic rings. The van der Waals surface area contributed by atoms with E-state index >= 15 is 0 Å². The number of anilines is 2. The van der Waals surface area contributed by atoms with E-state index < -0.39 is 0 Å². The molecule has 2 rings (SSSR count). The van der Waals surface area contributed by atoms with Crippen molar-refractivity contribution in [1.29, 1.82) is 0 Å². The molecule has 3 N–H and O–H groups in total. The highest BCUT2D eigenvalue weighted by Crippen LogP contribution is 2.23. The Balaban J connectivity index is 1.79. The van der Waals surface area contributed by atoms with Crippen molar-refractivity contribution in [2.45, 2.75) is 11.4 Å². The predicted molar refractivity (Wildman–Crippen MR) is 89.1 cm³/mol. The Morgan fingerprint density at radius 1 is 1.29 bits per heavy atom. The van der Waals surface area contributed by atoms with E-state index in [1.165, 1.54) is 11.8 Å². The molecular weight excluding hydrogens is 329 g/mol. The quantitative estimate of drug-likeness (QED) is 0.634. The number of aromatic nitrogens is 1. The van der Waals surface area contributed by atoms with Crippen LogP contribution in [0, 0.1) is 0 Å². The van der Waals surface area contributed by atoms with Gasteiger partial charge >= 0.3 is 0 Å². The predicted octanol–water partition coefficient (Wildman–Crippen LogP) is 4.09. The summed E-state index contributed by atoms with van der Waals surface area (Å²) in [6.07, 6.45) is 1.96. The third-order valence-electron chi connectivity index (χ3n) is 2.56. The van der Waals surface area contributed by atoms with Crippen molar-refractivity contribution in [3.63, 3.8) is 0 Å². The molecule has 0 aliphatic heterocycles. The number of nitrogens with two attached hydrogens (primary N) is 1. The molecule has 2 aromatic rings. The molecule has 0 radical (unpaired) electrons. The van der Waals surface area contributed by atoms with Gasteiger partial charge in [-0.15, -0.1) is 11.8 Å². The normalized spacial score (nSPS) is 10.4. The van der Waals surface area contributed by atoms with E-state index in [9.17, 15) is 4.79 Å². The van der Waals surface area contributed by atoms with Crippen molar-refractivity contribution in [2.75, 3.05) is 16.8 Å². The van der Waals surface area contributed by atoms with Gasteiger partial charge in [-0.1, -0.05) is 23.2 Å². The highest BCUT2D eigenvalue weighted by Gasteiger charge is 2.05. The topological polar surface area (TPSA) is 68.0 Å². The van der Waals surface area contributed by atoms with Crippen molar-refractivity contribution < 1.29 is 4.79 Å². The van der Waals surface area contributed by atoms with Gasteiger partial charge in [0.1, 0.15) is 0 Å². The van der Waals surface area contributed by atoms with Crippen LogP contribution in [-0.4, -0.2) is 16.6 Å². The lowest BCUT2D eigenvalue weighted by atomic mass is 10.2. The number of hydrogen-bond donors (Lipinski definition) is 2.